The van der Waals surface area contributed by atoms with E-state index in [1.807, 2.05) is 34.2 Å². The van der Waals surface area contributed by atoms with Gasteiger partial charge in [-0.05, 0) is 55.0 Å². The highest BCUT2D eigenvalue weighted by molar-refractivity contribution is 5.84. The minimum Gasteiger partial charge on any atom is -0.340 e. The van der Waals surface area contributed by atoms with Crippen LogP contribution in [0.4, 0.5) is 4.39 Å². The van der Waals surface area contributed by atoms with E-state index in [0.717, 1.165) is 35.0 Å². The number of hydrogen-bond donors (Lipinski definition) is 1. The van der Waals surface area contributed by atoms with Crippen molar-refractivity contribution >= 4 is 16.8 Å². The summed E-state index contributed by atoms with van der Waals surface area (Å²) in [5.74, 6) is 0.200. The molecule has 1 amide bonds. The maximum atomic E-state index is 13.9. The monoisotopic (exact) mass is 431 g/mol. The maximum absolute atomic E-state index is 13.9. The maximum Gasteiger partial charge on any atom is 0.223 e. The number of carbonyl (C=O) groups is 1. The molecule has 0 spiro atoms. The molecule has 0 aliphatic carbocycles. The van der Waals surface area contributed by atoms with Crippen molar-refractivity contribution in [1.29, 1.82) is 0 Å². The van der Waals surface area contributed by atoms with Gasteiger partial charge >= 0.3 is 0 Å². The first-order valence-electron chi connectivity index (χ1n) is 11.1. The highest BCUT2D eigenvalue weighted by Crippen LogP contribution is 2.28. The smallest absolute Gasteiger partial charge is 0.223 e. The molecule has 2 aromatic carbocycles. The van der Waals surface area contributed by atoms with Gasteiger partial charge in [0.1, 0.15) is 5.82 Å². The Balaban J connectivity index is 1.23. The average Bonchev–Trinajstić information content (AvgIpc) is 3.54. The Morgan fingerprint density at radius 3 is 2.88 bits per heavy atom. The molecule has 5 rings (SSSR count). The Kier molecular flexibility index (Phi) is 5.47. The van der Waals surface area contributed by atoms with Crippen LogP contribution < -0.4 is 0 Å². The predicted molar refractivity (Wildman–Crippen MR) is 121 cm³/mol. The van der Waals surface area contributed by atoms with Gasteiger partial charge in [0.25, 0.3) is 0 Å². The van der Waals surface area contributed by atoms with Crippen molar-refractivity contribution in [1.82, 2.24) is 24.9 Å². The molecule has 0 unspecified atom stereocenters. The third-order valence-corrected chi connectivity index (χ3v) is 6.45. The van der Waals surface area contributed by atoms with Gasteiger partial charge in [0.05, 0.1) is 17.9 Å². The van der Waals surface area contributed by atoms with E-state index in [9.17, 15) is 9.18 Å². The highest BCUT2D eigenvalue weighted by atomic mass is 19.1. The Bertz CT molecular complexity index is 1230. The van der Waals surface area contributed by atoms with Crippen LogP contribution in [-0.4, -0.2) is 43.4 Å². The topological polar surface area (TPSA) is 66.8 Å². The number of benzene rings is 2. The van der Waals surface area contributed by atoms with Crippen molar-refractivity contribution < 1.29 is 9.18 Å². The fourth-order valence-electron chi connectivity index (χ4n) is 4.77. The van der Waals surface area contributed by atoms with E-state index >= 15 is 0 Å². The molecule has 1 N–H and O–H groups in total. The van der Waals surface area contributed by atoms with E-state index in [0.29, 0.717) is 30.9 Å². The van der Waals surface area contributed by atoms with Gasteiger partial charge in [-0.3, -0.25) is 14.6 Å². The van der Waals surface area contributed by atoms with Crippen molar-refractivity contribution in [2.24, 2.45) is 5.92 Å². The number of nitrogens with zero attached hydrogens (tertiary/aromatic N) is 4. The van der Waals surface area contributed by atoms with Gasteiger partial charge in [-0.15, -0.1) is 0 Å². The lowest BCUT2D eigenvalue weighted by molar-refractivity contribution is -0.131. The van der Waals surface area contributed by atoms with Gasteiger partial charge in [0.15, 0.2) is 0 Å². The summed E-state index contributed by atoms with van der Waals surface area (Å²) in [4.78, 5) is 14.8. The molecule has 6 nitrogen and oxygen atoms in total. The Hall–Kier alpha value is -3.48. The number of hydrogen-bond acceptors (Lipinski definition) is 3. The third-order valence-electron chi connectivity index (χ3n) is 6.45. The van der Waals surface area contributed by atoms with E-state index in [4.69, 9.17) is 0 Å². The molecule has 1 saturated heterocycles. The molecule has 3 heterocycles. The minimum absolute atomic E-state index is 0.0957. The van der Waals surface area contributed by atoms with Gasteiger partial charge in [0.2, 0.25) is 5.91 Å². The first kappa shape index (κ1) is 20.4. The van der Waals surface area contributed by atoms with Crippen LogP contribution >= 0.6 is 0 Å². The lowest BCUT2D eigenvalue weighted by Gasteiger charge is -2.21. The minimum atomic E-state index is -0.242. The van der Waals surface area contributed by atoms with Gasteiger partial charge < -0.3 is 4.90 Å². The molecule has 2 atom stereocenters. The van der Waals surface area contributed by atoms with Crippen molar-refractivity contribution in [3.05, 3.63) is 72.4 Å². The quantitative estimate of drug-likeness (QED) is 0.491. The van der Waals surface area contributed by atoms with Crippen LogP contribution in [0.2, 0.25) is 0 Å². The number of amides is 1. The van der Waals surface area contributed by atoms with E-state index in [-0.39, 0.29) is 17.8 Å². The van der Waals surface area contributed by atoms with Crippen LogP contribution in [0.1, 0.15) is 25.3 Å². The zero-order valence-corrected chi connectivity index (χ0v) is 18.0. The SMILES string of the molecule is C[C@@H]1C[C@@H](Cn2ncc3cc(-c4cn[nH]c4)ccc32)CN1C(=O)CCc1ccccc1F. The van der Waals surface area contributed by atoms with Crippen LogP contribution in [0.15, 0.2) is 61.1 Å². The van der Waals surface area contributed by atoms with Crippen LogP contribution in [0.5, 0.6) is 0 Å². The summed E-state index contributed by atoms with van der Waals surface area (Å²) >= 11 is 0. The van der Waals surface area contributed by atoms with E-state index in [2.05, 4.69) is 40.4 Å². The summed E-state index contributed by atoms with van der Waals surface area (Å²) in [6.07, 6.45) is 7.29. The van der Waals surface area contributed by atoms with Gasteiger partial charge in [-0.1, -0.05) is 24.3 Å². The lowest BCUT2D eigenvalue weighted by Crippen LogP contribution is -2.34. The average molecular weight is 432 g/mol. The number of fused-ring (bicyclic) bond motifs is 1. The number of aromatic nitrogens is 4. The van der Waals surface area contributed by atoms with Crippen molar-refractivity contribution in [2.45, 2.75) is 38.8 Å². The number of likely N-dealkylation sites (tertiary alicyclic amines) is 1. The lowest BCUT2D eigenvalue weighted by atomic mass is 10.1. The third kappa shape index (κ3) is 4.02. The second-order valence-electron chi connectivity index (χ2n) is 8.68. The molecule has 0 radical (unpaired) electrons. The molecule has 4 aromatic rings. The summed E-state index contributed by atoms with van der Waals surface area (Å²) in [5, 5.41) is 12.6. The summed E-state index contributed by atoms with van der Waals surface area (Å²) < 4.78 is 15.9. The normalized spacial score (nSPS) is 18.5. The molecule has 1 fully saturated rings. The standard InChI is InChI=1S/C25H26FN5O/c1-17-10-18(15-30(17)25(32)9-7-19-4-2-3-5-23(19)26)16-31-24-8-6-20(11-21(24)14-29-31)22-12-27-28-13-22/h2-6,8,11-14,17-18H,7,9-10,15-16H2,1H3,(H,27,28)/t17-,18-/m1/s1. The van der Waals surface area contributed by atoms with E-state index in [1.54, 1.807) is 12.1 Å². The number of rotatable bonds is 6. The summed E-state index contributed by atoms with van der Waals surface area (Å²) in [5.41, 5.74) is 3.84. The largest absolute Gasteiger partial charge is 0.340 e. The number of nitrogens with one attached hydrogen (secondary N) is 1. The molecule has 2 aromatic heterocycles. The van der Waals surface area contributed by atoms with Crippen LogP contribution in [0.25, 0.3) is 22.0 Å². The van der Waals surface area contributed by atoms with Gasteiger partial charge in [-0.25, -0.2) is 4.39 Å². The van der Waals surface area contributed by atoms with Crippen molar-refractivity contribution in [2.75, 3.05) is 6.54 Å². The number of aromatic amines is 1. The molecule has 1 aliphatic rings. The molecule has 32 heavy (non-hydrogen) atoms. The Morgan fingerprint density at radius 2 is 2.06 bits per heavy atom. The summed E-state index contributed by atoms with van der Waals surface area (Å²) in [7, 11) is 0. The number of halogens is 1. The second kappa shape index (κ2) is 8.57. The summed E-state index contributed by atoms with van der Waals surface area (Å²) in [6, 6.07) is 13.2. The molecule has 1 aliphatic heterocycles. The Labute approximate surface area is 186 Å². The molecule has 0 saturated carbocycles. The zero-order chi connectivity index (χ0) is 22.1. The van der Waals surface area contributed by atoms with Crippen LogP contribution in [-0.2, 0) is 17.8 Å². The van der Waals surface area contributed by atoms with Crippen LogP contribution in [0, 0.1) is 11.7 Å². The fourth-order valence-corrected chi connectivity index (χ4v) is 4.77. The number of carbonyl (C=O) groups excluding carboxylic acids is 1. The van der Waals surface area contributed by atoms with Gasteiger partial charge in [-0.2, -0.15) is 10.2 Å². The van der Waals surface area contributed by atoms with Crippen molar-refractivity contribution in [3.63, 3.8) is 0 Å². The van der Waals surface area contributed by atoms with E-state index in [1.165, 1.54) is 6.07 Å². The number of H-pyrrole nitrogens is 1. The Morgan fingerprint density at radius 1 is 1.19 bits per heavy atom. The van der Waals surface area contributed by atoms with Crippen molar-refractivity contribution in [3.8, 4) is 11.1 Å². The zero-order valence-electron chi connectivity index (χ0n) is 18.0. The van der Waals surface area contributed by atoms with Crippen LogP contribution in [0.3, 0.4) is 0 Å². The molecule has 7 heteroatoms. The number of aryl methyl sites for hydroxylation is 1. The van der Waals surface area contributed by atoms with Gasteiger partial charge in [0, 0.05) is 42.7 Å². The van der Waals surface area contributed by atoms with E-state index < -0.39 is 0 Å². The summed E-state index contributed by atoms with van der Waals surface area (Å²) in [6.45, 7) is 3.58. The first-order valence-corrected chi connectivity index (χ1v) is 11.1. The molecular weight excluding hydrogens is 405 g/mol. The molecule has 0 bridgehead atoms. The fraction of sp³-hybridized carbons (Fsp3) is 0.320. The highest BCUT2D eigenvalue weighted by Gasteiger charge is 2.32. The predicted octanol–water partition coefficient (Wildman–Crippen LogP) is 4.44. The first-order chi connectivity index (χ1) is 15.6. The molecular formula is C25H26FN5O. The molecule has 164 valence electrons. The second-order valence-corrected chi connectivity index (χ2v) is 8.68.